The number of nitrogens with two attached hydrogens (primary N) is 1. The van der Waals surface area contributed by atoms with Gasteiger partial charge >= 0.3 is 6.09 Å². The molecule has 1 heterocycles. The van der Waals surface area contributed by atoms with Crippen LogP contribution in [0.2, 0.25) is 0 Å². The van der Waals surface area contributed by atoms with Crippen LogP contribution in [-0.2, 0) is 20.7 Å². The van der Waals surface area contributed by atoms with Crippen molar-refractivity contribution in [2.45, 2.75) is 51.3 Å². The lowest BCUT2D eigenvalue weighted by atomic mass is 10.0. The number of amides is 3. The average Bonchev–Trinajstić information content (AvgIpc) is 3.11. The number of thioether (sulfide) groups is 1. The van der Waals surface area contributed by atoms with Gasteiger partial charge in [-0.05, 0) is 50.8 Å². The van der Waals surface area contributed by atoms with Crippen LogP contribution in [0.5, 0.6) is 0 Å². The van der Waals surface area contributed by atoms with Crippen LogP contribution < -0.4 is 21.9 Å². The molecule has 0 aliphatic heterocycles. The van der Waals surface area contributed by atoms with Crippen LogP contribution in [0, 0.1) is 0 Å². The largest absolute Gasteiger partial charge is 0.444 e. The summed E-state index contributed by atoms with van der Waals surface area (Å²) in [6.07, 6.45) is 3.62. The summed E-state index contributed by atoms with van der Waals surface area (Å²) in [5.41, 5.74) is 3.15. The van der Waals surface area contributed by atoms with Crippen LogP contribution in [0.1, 0.15) is 32.8 Å². The van der Waals surface area contributed by atoms with Crippen molar-refractivity contribution in [2.75, 3.05) is 12.0 Å². The second-order valence-electron chi connectivity index (χ2n) is 8.11. The Morgan fingerprint density at radius 1 is 1.13 bits per heavy atom. The van der Waals surface area contributed by atoms with Crippen molar-refractivity contribution in [3.05, 3.63) is 36.0 Å². The first-order valence-corrected chi connectivity index (χ1v) is 11.4. The molecule has 0 saturated heterocycles. The van der Waals surface area contributed by atoms with Crippen molar-refractivity contribution in [2.24, 2.45) is 5.84 Å². The van der Waals surface area contributed by atoms with Gasteiger partial charge in [-0.25, -0.2) is 10.6 Å². The van der Waals surface area contributed by atoms with Gasteiger partial charge in [0, 0.05) is 23.5 Å². The van der Waals surface area contributed by atoms with Gasteiger partial charge in [0.25, 0.3) is 5.91 Å². The molecule has 170 valence electrons. The predicted molar refractivity (Wildman–Crippen MR) is 122 cm³/mol. The van der Waals surface area contributed by atoms with E-state index in [1.165, 1.54) is 0 Å². The van der Waals surface area contributed by atoms with Crippen molar-refractivity contribution in [1.29, 1.82) is 0 Å². The summed E-state index contributed by atoms with van der Waals surface area (Å²) in [7, 11) is 0. The van der Waals surface area contributed by atoms with E-state index in [1.807, 2.05) is 30.5 Å². The maximum atomic E-state index is 13.1. The van der Waals surface area contributed by atoms with Crippen LogP contribution in [0.15, 0.2) is 30.5 Å². The molecule has 3 amide bonds. The predicted octanol–water partition coefficient (Wildman–Crippen LogP) is 1.83. The second-order valence-corrected chi connectivity index (χ2v) is 9.10. The molecule has 0 saturated carbocycles. The Labute approximate surface area is 186 Å². The number of hydrogen-bond acceptors (Lipinski definition) is 6. The molecule has 9 nitrogen and oxygen atoms in total. The van der Waals surface area contributed by atoms with Gasteiger partial charge in [-0.3, -0.25) is 15.0 Å². The summed E-state index contributed by atoms with van der Waals surface area (Å²) in [5, 5.41) is 6.29. The lowest BCUT2D eigenvalue weighted by Gasteiger charge is -2.25. The molecule has 2 unspecified atom stereocenters. The van der Waals surface area contributed by atoms with Gasteiger partial charge < -0.3 is 20.4 Å². The molecule has 10 heteroatoms. The Balaban J connectivity index is 2.23. The van der Waals surface area contributed by atoms with E-state index in [4.69, 9.17) is 10.6 Å². The monoisotopic (exact) mass is 449 g/mol. The number of carbonyl (C=O) groups is 3. The number of nitrogens with one attached hydrogen (secondary N) is 4. The van der Waals surface area contributed by atoms with Crippen LogP contribution in [-0.4, -0.2) is 52.6 Å². The van der Waals surface area contributed by atoms with Crippen LogP contribution in [0.3, 0.4) is 0 Å². The number of aromatic nitrogens is 1. The first-order valence-electron chi connectivity index (χ1n) is 9.99. The number of rotatable bonds is 9. The summed E-state index contributed by atoms with van der Waals surface area (Å²) < 4.78 is 5.32. The Morgan fingerprint density at radius 2 is 1.84 bits per heavy atom. The van der Waals surface area contributed by atoms with Gasteiger partial charge in [-0.2, -0.15) is 11.8 Å². The van der Waals surface area contributed by atoms with Gasteiger partial charge in [0.1, 0.15) is 17.7 Å². The maximum absolute atomic E-state index is 13.1. The van der Waals surface area contributed by atoms with Crippen molar-refractivity contribution < 1.29 is 19.1 Å². The first kappa shape index (κ1) is 24.5. The fourth-order valence-electron chi connectivity index (χ4n) is 3.06. The topological polar surface area (TPSA) is 138 Å². The number of para-hydroxylation sites is 1. The third-order valence-corrected chi connectivity index (χ3v) is 5.14. The number of benzene rings is 1. The molecule has 2 rings (SSSR count). The molecule has 0 bridgehead atoms. The molecule has 2 atom stereocenters. The minimum atomic E-state index is -0.948. The van der Waals surface area contributed by atoms with E-state index in [9.17, 15) is 14.4 Å². The van der Waals surface area contributed by atoms with Crippen molar-refractivity contribution in [1.82, 2.24) is 21.0 Å². The molecule has 0 aliphatic rings. The van der Waals surface area contributed by atoms with E-state index in [-0.39, 0.29) is 6.42 Å². The molecule has 0 aliphatic carbocycles. The molecule has 31 heavy (non-hydrogen) atoms. The number of aromatic amines is 1. The SMILES string of the molecule is CSCCC(NC(=O)C(Cc1c[nH]c2ccccc12)NC(=O)OC(C)(C)C)C(=O)NN. The zero-order valence-corrected chi connectivity index (χ0v) is 19.1. The van der Waals surface area contributed by atoms with Crippen molar-refractivity contribution in [3.63, 3.8) is 0 Å². The molecule has 0 radical (unpaired) electrons. The highest BCUT2D eigenvalue weighted by Crippen LogP contribution is 2.19. The van der Waals surface area contributed by atoms with Crippen LogP contribution >= 0.6 is 11.8 Å². The summed E-state index contributed by atoms with van der Waals surface area (Å²) >= 11 is 1.55. The van der Waals surface area contributed by atoms with E-state index >= 15 is 0 Å². The molecule has 0 fully saturated rings. The third-order valence-electron chi connectivity index (χ3n) is 4.49. The average molecular weight is 450 g/mol. The van der Waals surface area contributed by atoms with Gasteiger partial charge in [0.15, 0.2) is 0 Å². The molecule has 1 aromatic carbocycles. The summed E-state index contributed by atoms with van der Waals surface area (Å²) in [6, 6.07) is 5.92. The van der Waals surface area contributed by atoms with Crippen LogP contribution in [0.4, 0.5) is 4.79 Å². The van der Waals surface area contributed by atoms with E-state index in [1.54, 1.807) is 38.7 Å². The molecular formula is C21H31N5O4S. The number of ether oxygens (including phenoxy) is 1. The first-order chi connectivity index (χ1) is 14.6. The standard InChI is InChI=1S/C21H31N5O4S/c1-21(2,3)30-20(29)25-17(11-13-12-23-15-8-6-5-7-14(13)15)18(27)24-16(9-10-31-4)19(28)26-22/h5-8,12,16-17,23H,9-11,22H2,1-4H3,(H,24,27)(H,25,29)(H,26,28). The van der Waals surface area contributed by atoms with E-state index in [2.05, 4.69) is 21.0 Å². The molecule has 2 aromatic rings. The van der Waals surface area contributed by atoms with Gasteiger partial charge in [0.2, 0.25) is 5.91 Å². The summed E-state index contributed by atoms with van der Waals surface area (Å²) in [6.45, 7) is 5.22. The van der Waals surface area contributed by atoms with E-state index < -0.39 is 35.6 Å². The number of hydrazine groups is 1. The zero-order chi connectivity index (χ0) is 23.0. The molecule has 6 N–H and O–H groups in total. The Morgan fingerprint density at radius 3 is 2.48 bits per heavy atom. The zero-order valence-electron chi connectivity index (χ0n) is 18.3. The lowest BCUT2D eigenvalue weighted by molar-refractivity contribution is -0.130. The Kier molecular flexibility index (Phi) is 8.76. The minimum Gasteiger partial charge on any atom is -0.444 e. The number of hydrogen-bond donors (Lipinski definition) is 5. The quantitative estimate of drug-likeness (QED) is 0.225. The highest BCUT2D eigenvalue weighted by Gasteiger charge is 2.29. The van der Waals surface area contributed by atoms with Gasteiger partial charge in [0.05, 0.1) is 0 Å². The normalized spacial score (nSPS) is 13.3. The lowest BCUT2D eigenvalue weighted by Crippen LogP contribution is -2.55. The highest BCUT2D eigenvalue weighted by atomic mass is 32.2. The summed E-state index contributed by atoms with van der Waals surface area (Å²) in [5.74, 6) is 4.94. The fourth-order valence-corrected chi connectivity index (χ4v) is 3.53. The third kappa shape index (κ3) is 7.48. The molecular weight excluding hydrogens is 418 g/mol. The Bertz CT molecular complexity index is 909. The number of carbonyl (C=O) groups excluding carboxylic acids is 3. The van der Waals surface area contributed by atoms with Gasteiger partial charge in [-0.15, -0.1) is 0 Å². The van der Waals surface area contributed by atoms with Crippen molar-refractivity contribution >= 4 is 40.6 Å². The number of H-pyrrole nitrogens is 1. The summed E-state index contributed by atoms with van der Waals surface area (Å²) in [4.78, 5) is 40.7. The number of fused-ring (bicyclic) bond motifs is 1. The number of alkyl carbamates (subject to hydrolysis) is 1. The minimum absolute atomic E-state index is 0.217. The van der Waals surface area contributed by atoms with E-state index in [0.717, 1.165) is 16.5 Å². The molecule has 0 spiro atoms. The van der Waals surface area contributed by atoms with Gasteiger partial charge in [-0.1, -0.05) is 18.2 Å². The maximum Gasteiger partial charge on any atom is 0.408 e. The van der Waals surface area contributed by atoms with E-state index in [0.29, 0.717) is 12.2 Å². The van der Waals surface area contributed by atoms with Crippen LogP contribution in [0.25, 0.3) is 10.9 Å². The highest BCUT2D eigenvalue weighted by molar-refractivity contribution is 7.98. The molecule has 1 aromatic heterocycles. The second kappa shape index (κ2) is 11.1. The smallest absolute Gasteiger partial charge is 0.408 e. The van der Waals surface area contributed by atoms with Crippen molar-refractivity contribution in [3.8, 4) is 0 Å². The fraction of sp³-hybridized carbons (Fsp3) is 0.476. The Hall–Kier alpha value is -2.72.